The molecule has 0 saturated carbocycles. The van der Waals surface area contributed by atoms with E-state index < -0.39 is 5.60 Å². The van der Waals surface area contributed by atoms with E-state index in [0.29, 0.717) is 31.5 Å². The minimum atomic E-state index is -0.508. The van der Waals surface area contributed by atoms with Gasteiger partial charge in [-0.1, -0.05) is 32.1 Å². The Balaban J connectivity index is 1.50. The lowest BCUT2D eigenvalue weighted by molar-refractivity contribution is 0.0293. The van der Waals surface area contributed by atoms with Crippen molar-refractivity contribution in [3.63, 3.8) is 0 Å². The summed E-state index contributed by atoms with van der Waals surface area (Å²) in [6.45, 7) is 16.5. The van der Waals surface area contributed by atoms with E-state index in [-0.39, 0.29) is 17.6 Å². The van der Waals surface area contributed by atoms with Gasteiger partial charge in [0.15, 0.2) is 5.13 Å². The Labute approximate surface area is 223 Å². The molecule has 1 unspecified atom stereocenters. The van der Waals surface area contributed by atoms with E-state index in [4.69, 9.17) is 9.72 Å². The molecule has 1 aliphatic rings. The van der Waals surface area contributed by atoms with Crippen LogP contribution in [0.25, 0.3) is 10.3 Å². The molecular weight excluding hydrogens is 486 g/mol. The Bertz CT molecular complexity index is 1200. The predicted octanol–water partition coefficient (Wildman–Crippen LogP) is 5.78. The first kappa shape index (κ1) is 27.1. The summed E-state index contributed by atoms with van der Waals surface area (Å²) in [7, 11) is 0. The third-order valence-electron chi connectivity index (χ3n) is 6.39. The summed E-state index contributed by atoms with van der Waals surface area (Å²) in [5, 5.41) is 11.3. The van der Waals surface area contributed by atoms with Gasteiger partial charge in [0.05, 0.1) is 0 Å². The first-order valence-corrected chi connectivity index (χ1v) is 13.6. The zero-order valence-electron chi connectivity index (χ0n) is 22.9. The number of amides is 1. The van der Waals surface area contributed by atoms with Crippen LogP contribution in [0.1, 0.15) is 60.5 Å². The Morgan fingerprint density at radius 2 is 1.95 bits per heavy atom. The van der Waals surface area contributed by atoms with Crippen LogP contribution in [0.4, 0.5) is 21.6 Å². The maximum absolute atomic E-state index is 12.5. The van der Waals surface area contributed by atoms with E-state index in [1.54, 1.807) is 11.1 Å². The van der Waals surface area contributed by atoms with Crippen molar-refractivity contribution in [3.8, 4) is 0 Å². The number of carbonyl (C=O) groups is 1. The van der Waals surface area contributed by atoms with Crippen LogP contribution in [0.2, 0.25) is 0 Å². The van der Waals surface area contributed by atoms with Gasteiger partial charge in [-0.15, -0.1) is 0 Å². The van der Waals surface area contributed by atoms with Crippen LogP contribution in [0.5, 0.6) is 0 Å². The SMILES string of the molecule is C[C@H](NCc1cc(Nc2nc3cccnc3s2)nc(NC2CCN(C(=O)OC(C)(C)C)C2)c1)C(C)(C)C. The van der Waals surface area contributed by atoms with Gasteiger partial charge in [-0.3, -0.25) is 0 Å². The number of hydrogen-bond acceptors (Lipinski definition) is 9. The molecule has 1 saturated heterocycles. The van der Waals surface area contributed by atoms with Gasteiger partial charge in [-0.25, -0.2) is 19.7 Å². The summed E-state index contributed by atoms with van der Waals surface area (Å²) < 4.78 is 5.55. The molecule has 3 N–H and O–H groups in total. The lowest BCUT2D eigenvalue weighted by atomic mass is 9.88. The fraction of sp³-hybridized carbons (Fsp3) is 0.556. The third-order valence-corrected chi connectivity index (χ3v) is 7.28. The highest BCUT2D eigenvalue weighted by Gasteiger charge is 2.30. The average molecular weight is 526 g/mol. The number of pyridine rings is 2. The highest BCUT2D eigenvalue weighted by atomic mass is 32.1. The molecule has 9 nitrogen and oxygen atoms in total. The van der Waals surface area contributed by atoms with Crippen LogP contribution >= 0.6 is 11.3 Å². The zero-order chi connectivity index (χ0) is 26.8. The lowest BCUT2D eigenvalue weighted by Crippen LogP contribution is -2.37. The normalized spacial score (nSPS) is 17.2. The van der Waals surface area contributed by atoms with E-state index in [1.807, 2.05) is 32.9 Å². The standard InChI is InChI=1S/C27H39N7O2S/c1-17(26(2,3)4)29-15-18-13-21(30-19-10-12-34(16-19)25(35)36-27(5,6)7)32-22(14-18)33-24-31-20-9-8-11-28-23(20)37-24/h8-9,11,13-14,17,19,29H,10,12,15-16H2,1-7H3,(H2,30,31,32,33)/t17-,19?/m0/s1. The van der Waals surface area contributed by atoms with E-state index >= 15 is 0 Å². The molecule has 1 aliphatic heterocycles. The molecule has 1 fully saturated rings. The number of hydrogen-bond donors (Lipinski definition) is 3. The number of anilines is 3. The van der Waals surface area contributed by atoms with Crippen LogP contribution < -0.4 is 16.0 Å². The largest absolute Gasteiger partial charge is 0.444 e. The highest BCUT2D eigenvalue weighted by Crippen LogP contribution is 2.28. The van der Waals surface area contributed by atoms with Crippen molar-refractivity contribution in [1.29, 1.82) is 0 Å². The van der Waals surface area contributed by atoms with Crippen LogP contribution in [0, 0.1) is 5.41 Å². The Kier molecular flexibility index (Phi) is 7.89. The molecule has 37 heavy (non-hydrogen) atoms. The van der Waals surface area contributed by atoms with Crippen molar-refractivity contribution in [2.24, 2.45) is 5.41 Å². The van der Waals surface area contributed by atoms with Gasteiger partial charge in [0, 0.05) is 37.9 Å². The molecule has 200 valence electrons. The first-order valence-electron chi connectivity index (χ1n) is 12.8. The smallest absolute Gasteiger partial charge is 0.410 e. The van der Waals surface area contributed by atoms with Crippen molar-refractivity contribution < 1.29 is 9.53 Å². The summed E-state index contributed by atoms with van der Waals surface area (Å²) in [5.41, 5.74) is 1.61. The quantitative estimate of drug-likeness (QED) is 0.357. The molecule has 3 aromatic heterocycles. The number of nitrogens with zero attached hydrogens (tertiary/aromatic N) is 4. The summed E-state index contributed by atoms with van der Waals surface area (Å²) in [4.78, 5) is 29.0. The van der Waals surface area contributed by atoms with Crippen molar-refractivity contribution in [1.82, 2.24) is 25.2 Å². The average Bonchev–Trinajstić information content (AvgIpc) is 3.42. The van der Waals surface area contributed by atoms with Gasteiger partial charge in [-0.2, -0.15) is 0 Å². The summed E-state index contributed by atoms with van der Waals surface area (Å²) in [6, 6.07) is 8.39. The molecule has 4 heterocycles. The second-order valence-corrected chi connectivity index (χ2v) is 12.7. The van der Waals surface area contributed by atoms with E-state index in [2.05, 4.69) is 65.7 Å². The van der Waals surface area contributed by atoms with Gasteiger partial charge in [-0.05, 0) is 69.4 Å². The second kappa shape index (κ2) is 10.8. The molecule has 0 aliphatic carbocycles. The molecule has 0 radical (unpaired) electrons. The van der Waals surface area contributed by atoms with Gasteiger partial charge in [0.2, 0.25) is 0 Å². The monoisotopic (exact) mass is 525 g/mol. The maximum atomic E-state index is 12.5. The van der Waals surface area contributed by atoms with Gasteiger partial charge < -0.3 is 25.6 Å². The van der Waals surface area contributed by atoms with E-state index in [1.165, 1.54) is 11.3 Å². The van der Waals surface area contributed by atoms with Crippen LogP contribution in [0.15, 0.2) is 30.5 Å². The van der Waals surface area contributed by atoms with Crippen LogP contribution in [-0.4, -0.2) is 56.7 Å². The fourth-order valence-electron chi connectivity index (χ4n) is 3.92. The summed E-state index contributed by atoms with van der Waals surface area (Å²) in [5.74, 6) is 1.48. The van der Waals surface area contributed by atoms with Crippen molar-refractivity contribution in [2.45, 2.75) is 79.1 Å². The molecule has 3 aromatic rings. The minimum Gasteiger partial charge on any atom is -0.444 e. The van der Waals surface area contributed by atoms with E-state index in [0.717, 1.165) is 33.3 Å². The molecule has 1 amide bonds. The molecule has 2 atom stereocenters. The molecule has 0 aromatic carbocycles. The lowest BCUT2D eigenvalue weighted by Gasteiger charge is -2.28. The van der Waals surface area contributed by atoms with Gasteiger partial charge in [0.25, 0.3) is 0 Å². The maximum Gasteiger partial charge on any atom is 0.410 e. The number of nitrogens with one attached hydrogen (secondary N) is 3. The molecule has 10 heteroatoms. The van der Waals surface area contributed by atoms with Gasteiger partial charge in [0.1, 0.15) is 27.6 Å². The number of rotatable bonds is 7. The molecular formula is C27H39N7O2S. The molecule has 0 bridgehead atoms. The van der Waals surface area contributed by atoms with Gasteiger partial charge >= 0.3 is 6.09 Å². The predicted molar refractivity (Wildman–Crippen MR) is 151 cm³/mol. The third kappa shape index (κ3) is 7.52. The number of likely N-dealkylation sites (tertiary alicyclic amines) is 1. The second-order valence-electron chi connectivity index (χ2n) is 11.7. The van der Waals surface area contributed by atoms with E-state index in [9.17, 15) is 4.79 Å². The number of thiazole rings is 1. The van der Waals surface area contributed by atoms with Crippen molar-refractivity contribution in [3.05, 3.63) is 36.0 Å². The summed E-state index contributed by atoms with van der Waals surface area (Å²) >= 11 is 1.50. The van der Waals surface area contributed by atoms with Crippen LogP contribution in [0.3, 0.4) is 0 Å². The number of aromatic nitrogens is 3. The van der Waals surface area contributed by atoms with Crippen LogP contribution in [-0.2, 0) is 11.3 Å². The summed E-state index contributed by atoms with van der Waals surface area (Å²) in [6.07, 6.45) is 2.33. The fourth-order valence-corrected chi connectivity index (χ4v) is 4.73. The molecule has 0 spiro atoms. The number of fused-ring (bicyclic) bond motifs is 1. The Hall–Kier alpha value is -2.98. The highest BCUT2D eigenvalue weighted by molar-refractivity contribution is 7.21. The topological polar surface area (TPSA) is 104 Å². The molecule has 4 rings (SSSR count). The Morgan fingerprint density at radius 3 is 2.65 bits per heavy atom. The first-order chi connectivity index (χ1) is 17.4. The zero-order valence-corrected chi connectivity index (χ0v) is 23.7. The number of carbonyl (C=O) groups excluding carboxylic acids is 1. The van der Waals surface area contributed by atoms with Crippen molar-refractivity contribution in [2.75, 3.05) is 23.7 Å². The van der Waals surface area contributed by atoms with Crippen molar-refractivity contribution >= 4 is 44.5 Å². The Morgan fingerprint density at radius 1 is 1.19 bits per heavy atom. The number of ether oxygens (including phenoxy) is 1. The minimum absolute atomic E-state index is 0.0937.